The van der Waals surface area contributed by atoms with Gasteiger partial charge in [0.2, 0.25) is 5.95 Å². The molecule has 1 aliphatic carbocycles. The Kier molecular flexibility index (Phi) is 6.04. The van der Waals surface area contributed by atoms with Crippen molar-refractivity contribution in [2.75, 3.05) is 31.1 Å². The average molecular weight is 426 g/mol. The van der Waals surface area contributed by atoms with Gasteiger partial charge < -0.3 is 9.80 Å². The summed E-state index contributed by atoms with van der Waals surface area (Å²) in [5, 5.41) is 0. The summed E-state index contributed by atoms with van der Waals surface area (Å²) in [4.78, 5) is 29.3. The molecule has 0 spiro atoms. The fourth-order valence-corrected chi connectivity index (χ4v) is 6.39. The van der Waals surface area contributed by atoms with Gasteiger partial charge in [-0.15, -0.1) is 0 Å². The van der Waals surface area contributed by atoms with Crippen LogP contribution in [-0.2, 0) is 4.79 Å². The highest BCUT2D eigenvalue weighted by atomic mass is 16.1. The number of aromatic nitrogens is 2. The lowest BCUT2D eigenvalue weighted by Gasteiger charge is -2.45. The number of carbonyl (C=O) groups is 1. The minimum atomic E-state index is 0.339. The van der Waals surface area contributed by atoms with Gasteiger partial charge in [-0.3, -0.25) is 9.69 Å². The fourth-order valence-electron chi connectivity index (χ4n) is 6.39. The molecule has 2 atom stereocenters. The number of hydrogen-bond donors (Lipinski definition) is 0. The largest absolute Gasteiger partial charge is 0.332 e. The van der Waals surface area contributed by atoms with Crippen molar-refractivity contribution >= 4 is 11.7 Å². The molecule has 1 saturated carbocycles. The average Bonchev–Trinajstić information content (AvgIpc) is 3.02. The normalized spacial score (nSPS) is 32.5. The molecule has 0 radical (unpaired) electrons. The van der Waals surface area contributed by atoms with Gasteiger partial charge in [-0.05, 0) is 76.9 Å². The molecule has 170 valence electrons. The van der Waals surface area contributed by atoms with Crippen LogP contribution in [0.15, 0.2) is 12.4 Å². The number of Topliss-reactive ketones (excluding diaryl/α,β-unsaturated/α-hetero) is 1. The Morgan fingerprint density at radius 3 is 2.16 bits per heavy atom. The van der Waals surface area contributed by atoms with E-state index in [4.69, 9.17) is 9.97 Å². The van der Waals surface area contributed by atoms with Gasteiger partial charge in [0.05, 0.1) is 0 Å². The minimum absolute atomic E-state index is 0.339. The van der Waals surface area contributed by atoms with Crippen LogP contribution in [0.3, 0.4) is 0 Å². The van der Waals surface area contributed by atoms with E-state index in [1.807, 2.05) is 6.92 Å². The first-order valence-electron chi connectivity index (χ1n) is 12.6. The van der Waals surface area contributed by atoms with Crippen LogP contribution in [0.25, 0.3) is 0 Å². The van der Waals surface area contributed by atoms with Crippen LogP contribution >= 0.6 is 0 Å². The smallest absolute Gasteiger partial charge is 0.225 e. The highest BCUT2D eigenvalue weighted by molar-refractivity contribution is 5.81. The Bertz CT molecular complexity index is 753. The second-order valence-electron chi connectivity index (χ2n) is 10.6. The molecule has 0 amide bonds. The predicted molar refractivity (Wildman–Crippen MR) is 123 cm³/mol. The number of carbonyl (C=O) groups excluding carboxylic acids is 1. The molecule has 31 heavy (non-hydrogen) atoms. The first-order valence-corrected chi connectivity index (χ1v) is 12.6. The Morgan fingerprint density at radius 2 is 1.61 bits per heavy atom. The molecule has 2 bridgehead atoms. The molecule has 2 unspecified atom stereocenters. The van der Waals surface area contributed by atoms with Crippen molar-refractivity contribution in [3.8, 4) is 0 Å². The quantitative estimate of drug-likeness (QED) is 0.696. The molecule has 4 fully saturated rings. The third-order valence-electron chi connectivity index (χ3n) is 8.56. The number of rotatable bonds is 6. The molecule has 4 heterocycles. The first kappa shape index (κ1) is 21.3. The molecule has 5 rings (SSSR count). The van der Waals surface area contributed by atoms with Crippen molar-refractivity contribution < 1.29 is 4.79 Å². The molecule has 1 aromatic heterocycles. The standard InChI is InChI=1S/C25H39N5O/c1-4-24(31)19-11-23(12-19)28-9-7-18(8-10-28)20-13-26-25(27-14-20)30-21-5-6-22(30)16-29(15-21)17(2)3/h13-14,17-19,21-23H,4-12,15-16H2,1-3H3/t19-,21?,22?,23+. The van der Waals surface area contributed by atoms with Crippen LogP contribution < -0.4 is 4.90 Å². The van der Waals surface area contributed by atoms with Crippen molar-refractivity contribution in [1.29, 1.82) is 0 Å². The summed E-state index contributed by atoms with van der Waals surface area (Å²) in [6, 6.07) is 2.40. The summed E-state index contributed by atoms with van der Waals surface area (Å²) in [7, 11) is 0. The lowest BCUT2D eigenvalue weighted by atomic mass is 9.75. The van der Waals surface area contributed by atoms with Crippen LogP contribution in [0.2, 0.25) is 0 Å². The van der Waals surface area contributed by atoms with Crippen LogP contribution in [0.4, 0.5) is 5.95 Å². The van der Waals surface area contributed by atoms with Crippen LogP contribution in [0.5, 0.6) is 0 Å². The van der Waals surface area contributed by atoms with Gasteiger partial charge in [-0.2, -0.15) is 0 Å². The van der Waals surface area contributed by atoms with E-state index >= 15 is 0 Å². The van der Waals surface area contributed by atoms with E-state index in [9.17, 15) is 4.79 Å². The van der Waals surface area contributed by atoms with Crippen LogP contribution in [0.1, 0.15) is 77.2 Å². The molecule has 6 heteroatoms. The lowest BCUT2D eigenvalue weighted by Crippen LogP contribution is -2.56. The maximum Gasteiger partial charge on any atom is 0.225 e. The van der Waals surface area contributed by atoms with E-state index in [1.165, 1.54) is 31.2 Å². The number of piperidine rings is 1. The summed E-state index contributed by atoms with van der Waals surface area (Å²) >= 11 is 0. The van der Waals surface area contributed by atoms with E-state index in [-0.39, 0.29) is 0 Å². The summed E-state index contributed by atoms with van der Waals surface area (Å²) in [5.74, 6) is 2.32. The summed E-state index contributed by atoms with van der Waals surface area (Å²) < 4.78 is 0. The highest BCUT2D eigenvalue weighted by Gasteiger charge is 2.42. The van der Waals surface area contributed by atoms with E-state index < -0.39 is 0 Å². The fraction of sp³-hybridized carbons (Fsp3) is 0.800. The maximum absolute atomic E-state index is 11.9. The maximum atomic E-state index is 11.9. The number of fused-ring (bicyclic) bond motifs is 2. The Morgan fingerprint density at radius 1 is 1.00 bits per heavy atom. The van der Waals surface area contributed by atoms with E-state index in [2.05, 4.69) is 40.9 Å². The molecule has 3 saturated heterocycles. The molecular formula is C25H39N5O. The zero-order valence-corrected chi connectivity index (χ0v) is 19.5. The Labute approximate surface area is 187 Å². The predicted octanol–water partition coefficient (Wildman–Crippen LogP) is 3.48. The minimum Gasteiger partial charge on any atom is -0.332 e. The first-order chi connectivity index (χ1) is 15.0. The summed E-state index contributed by atoms with van der Waals surface area (Å²) in [6.45, 7) is 11.2. The summed E-state index contributed by atoms with van der Waals surface area (Å²) in [6.07, 6.45) is 12.0. The zero-order valence-electron chi connectivity index (χ0n) is 19.5. The molecule has 0 N–H and O–H groups in total. The van der Waals surface area contributed by atoms with Crippen molar-refractivity contribution in [2.45, 2.75) is 95.8 Å². The topological polar surface area (TPSA) is 52.6 Å². The lowest BCUT2D eigenvalue weighted by molar-refractivity contribution is -0.127. The number of piperazine rings is 1. The second kappa shape index (κ2) is 8.78. The van der Waals surface area contributed by atoms with E-state index in [0.29, 0.717) is 48.2 Å². The van der Waals surface area contributed by atoms with Crippen molar-refractivity contribution in [1.82, 2.24) is 19.8 Å². The number of hydrogen-bond acceptors (Lipinski definition) is 6. The van der Waals surface area contributed by atoms with Gasteiger partial charge in [0.25, 0.3) is 0 Å². The van der Waals surface area contributed by atoms with E-state index in [0.717, 1.165) is 45.0 Å². The van der Waals surface area contributed by atoms with Gasteiger partial charge in [0.15, 0.2) is 0 Å². The van der Waals surface area contributed by atoms with E-state index in [1.54, 1.807) is 0 Å². The van der Waals surface area contributed by atoms with Gasteiger partial charge in [-0.25, -0.2) is 9.97 Å². The third kappa shape index (κ3) is 4.13. The molecule has 3 aliphatic heterocycles. The van der Waals surface area contributed by atoms with Crippen molar-refractivity contribution in [2.24, 2.45) is 5.92 Å². The number of ketones is 1. The second-order valence-corrected chi connectivity index (χ2v) is 10.6. The van der Waals surface area contributed by atoms with Gasteiger partial charge in [0.1, 0.15) is 5.78 Å². The van der Waals surface area contributed by atoms with Crippen molar-refractivity contribution in [3.63, 3.8) is 0 Å². The molecule has 1 aromatic rings. The van der Waals surface area contributed by atoms with Crippen LogP contribution in [0, 0.1) is 5.92 Å². The van der Waals surface area contributed by atoms with Crippen LogP contribution in [-0.4, -0.2) is 75.9 Å². The molecule has 4 aliphatic rings. The van der Waals surface area contributed by atoms with Gasteiger partial charge in [-0.1, -0.05) is 6.92 Å². The third-order valence-corrected chi connectivity index (χ3v) is 8.56. The number of nitrogens with zero attached hydrogens (tertiary/aromatic N) is 5. The molecule has 6 nitrogen and oxygen atoms in total. The number of likely N-dealkylation sites (tertiary alicyclic amines) is 2. The SMILES string of the molecule is CCC(=O)[C@H]1C[C@@H](N2CCC(c3cnc(N4C5CCC4CN(C(C)C)C5)nc3)CC2)C1. The number of anilines is 1. The molecule has 0 aromatic carbocycles. The highest BCUT2D eigenvalue weighted by Crippen LogP contribution is 2.38. The monoisotopic (exact) mass is 425 g/mol. The Hall–Kier alpha value is -1.53. The molecular weight excluding hydrogens is 386 g/mol. The Balaban J connectivity index is 1.15. The summed E-state index contributed by atoms with van der Waals surface area (Å²) in [5.41, 5.74) is 1.31. The van der Waals surface area contributed by atoms with Gasteiger partial charge >= 0.3 is 0 Å². The zero-order chi connectivity index (χ0) is 21.5. The van der Waals surface area contributed by atoms with Gasteiger partial charge in [0, 0.05) is 62.0 Å². The van der Waals surface area contributed by atoms with Crippen molar-refractivity contribution in [3.05, 3.63) is 18.0 Å².